The minimum Gasteiger partial charge on any atom is -0.310 e. The first-order valence-corrected chi connectivity index (χ1v) is 8.96. The first kappa shape index (κ1) is 19.0. The number of halogens is 2. The van der Waals surface area contributed by atoms with Crippen LogP contribution >= 0.6 is 23.2 Å². The Bertz CT molecular complexity index is 683. The van der Waals surface area contributed by atoms with Gasteiger partial charge in [-0.2, -0.15) is 0 Å². The summed E-state index contributed by atoms with van der Waals surface area (Å²) in [7, 11) is 0. The summed E-state index contributed by atoms with van der Waals surface area (Å²) in [4.78, 5) is 10.7. The lowest BCUT2D eigenvalue weighted by molar-refractivity contribution is 0.101. The van der Waals surface area contributed by atoms with Gasteiger partial charge in [0.15, 0.2) is 5.78 Å². The Morgan fingerprint density at radius 2 is 1.75 bits per heavy atom. The van der Waals surface area contributed by atoms with Gasteiger partial charge in [-0.3, -0.25) is 4.79 Å². The first-order chi connectivity index (χ1) is 11.5. The molecule has 1 aliphatic rings. The summed E-state index contributed by atoms with van der Waals surface area (Å²) in [6.07, 6.45) is 2.80. The Balaban J connectivity index is 0.000000185. The lowest BCUT2D eigenvalue weighted by Gasteiger charge is -2.13. The molecule has 1 atom stereocenters. The van der Waals surface area contributed by atoms with Crippen molar-refractivity contribution in [3.63, 3.8) is 0 Å². The third-order valence-corrected chi connectivity index (χ3v) is 4.46. The highest BCUT2D eigenvalue weighted by molar-refractivity contribution is 6.31. The van der Waals surface area contributed by atoms with Gasteiger partial charge in [-0.25, -0.2) is 0 Å². The summed E-state index contributed by atoms with van der Waals surface area (Å²) in [6.45, 7) is 4.85. The second kappa shape index (κ2) is 9.22. The third-order valence-electron chi connectivity index (χ3n) is 3.99. The fraction of sp³-hybridized carbons (Fsp3) is 0.350. The van der Waals surface area contributed by atoms with Gasteiger partial charge < -0.3 is 5.32 Å². The molecule has 0 saturated heterocycles. The molecule has 24 heavy (non-hydrogen) atoms. The number of carbonyl (C=O) groups is 1. The van der Waals surface area contributed by atoms with Crippen molar-refractivity contribution in [2.24, 2.45) is 5.92 Å². The van der Waals surface area contributed by atoms with E-state index in [1.165, 1.54) is 25.3 Å². The molecule has 0 heterocycles. The monoisotopic (exact) mass is 363 g/mol. The van der Waals surface area contributed by atoms with Crippen molar-refractivity contribution in [3.8, 4) is 0 Å². The zero-order valence-corrected chi connectivity index (χ0v) is 15.6. The molecule has 0 radical (unpaired) electrons. The quantitative estimate of drug-likeness (QED) is 0.665. The van der Waals surface area contributed by atoms with E-state index in [2.05, 4.69) is 18.3 Å². The fourth-order valence-electron chi connectivity index (χ4n) is 2.27. The Morgan fingerprint density at radius 3 is 2.25 bits per heavy atom. The summed E-state index contributed by atoms with van der Waals surface area (Å²) in [5.41, 5.74) is 1.94. The zero-order chi connectivity index (χ0) is 17.5. The van der Waals surface area contributed by atoms with Gasteiger partial charge in [0.05, 0.1) is 0 Å². The van der Waals surface area contributed by atoms with Gasteiger partial charge in [0, 0.05) is 21.7 Å². The molecular weight excluding hydrogens is 341 g/mol. The van der Waals surface area contributed by atoms with Crippen LogP contribution in [0.4, 0.5) is 0 Å². The van der Waals surface area contributed by atoms with E-state index < -0.39 is 0 Å². The van der Waals surface area contributed by atoms with E-state index in [9.17, 15) is 4.79 Å². The van der Waals surface area contributed by atoms with Crippen molar-refractivity contribution >= 4 is 29.0 Å². The van der Waals surface area contributed by atoms with E-state index in [1.807, 2.05) is 18.2 Å². The van der Waals surface area contributed by atoms with Gasteiger partial charge in [-0.15, -0.1) is 0 Å². The van der Waals surface area contributed by atoms with Gasteiger partial charge in [-0.05, 0) is 69.0 Å². The van der Waals surface area contributed by atoms with Crippen molar-refractivity contribution in [2.45, 2.75) is 32.7 Å². The molecule has 0 aliphatic heterocycles. The standard InChI is InChI=1S/C12H16ClN.C8H7ClO/c1-9(14-8-10-5-6-10)11-3-2-4-12(13)7-11;1-6(10)7-3-2-4-8(9)5-7/h2-4,7,9-10,14H,5-6,8H2,1H3;2-5H,1H3. The largest absolute Gasteiger partial charge is 0.310 e. The molecule has 1 saturated carbocycles. The number of nitrogens with one attached hydrogen (secondary N) is 1. The Kier molecular flexibility index (Phi) is 7.29. The van der Waals surface area contributed by atoms with E-state index in [-0.39, 0.29) is 5.78 Å². The Morgan fingerprint density at radius 1 is 1.12 bits per heavy atom. The second-order valence-corrected chi connectivity index (χ2v) is 7.07. The number of carbonyl (C=O) groups excluding carboxylic acids is 1. The van der Waals surface area contributed by atoms with Gasteiger partial charge >= 0.3 is 0 Å². The number of hydrogen-bond donors (Lipinski definition) is 1. The van der Waals surface area contributed by atoms with Gasteiger partial charge in [-0.1, -0.05) is 47.5 Å². The predicted molar refractivity (Wildman–Crippen MR) is 102 cm³/mol. The second-order valence-electron chi connectivity index (χ2n) is 6.19. The fourth-order valence-corrected chi connectivity index (χ4v) is 2.66. The molecule has 2 nitrogen and oxygen atoms in total. The summed E-state index contributed by atoms with van der Waals surface area (Å²) in [5.74, 6) is 0.971. The van der Waals surface area contributed by atoms with E-state index in [1.54, 1.807) is 24.3 Å². The van der Waals surface area contributed by atoms with Crippen LogP contribution in [0.15, 0.2) is 48.5 Å². The molecule has 128 valence electrons. The smallest absolute Gasteiger partial charge is 0.159 e. The van der Waals surface area contributed by atoms with Gasteiger partial charge in [0.2, 0.25) is 0 Å². The Hall–Kier alpha value is -1.35. The summed E-state index contributed by atoms with van der Waals surface area (Å²) < 4.78 is 0. The lowest BCUT2D eigenvalue weighted by Crippen LogP contribution is -2.20. The van der Waals surface area contributed by atoms with E-state index in [0.717, 1.165) is 17.5 Å². The number of ketones is 1. The maximum Gasteiger partial charge on any atom is 0.159 e. The summed E-state index contributed by atoms with van der Waals surface area (Å²) in [5, 5.41) is 4.96. The molecule has 1 aliphatic carbocycles. The van der Waals surface area contributed by atoms with Crippen molar-refractivity contribution in [1.82, 2.24) is 5.32 Å². The van der Waals surface area contributed by atoms with Crippen LogP contribution in [0.2, 0.25) is 10.0 Å². The van der Waals surface area contributed by atoms with Crippen LogP contribution in [0, 0.1) is 5.92 Å². The average Bonchev–Trinajstić information content (AvgIpc) is 3.37. The number of Topliss-reactive ketones (excluding diaryl/α,β-unsaturated/α-hetero) is 1. The van der Waals surface area contributed by atoms with Crippen LogP contribution in [0.3, 0.4) is 0 Å². The van der Waals surface area contributed by atoms with Crippen LogP contribution in [0.5, 0.6) is 0 Å². The maximum absolute atomic E-state index is 10.7. The molecule has 3 rings (SSSR count). The first-order valence-electron chi connectivity index (χ1n) is 8.21. The van der Waals surface area contributed by atoms with Crippen molar-refractivity contribution in [1.29, 1.82) is 0 Å². The molecule has 0 spiro atoms. The molecule has 4 heteroatoms. The van der Waals surface area contributed by atoms with Gasteiger partial charge in [0.25, 0.3) is 0 Å². The molecule has 2 aromatic rings. The minimum atomic E-state index is 0.0440. The lowest BCUT2D eigenvalue weighted by atomic mass is 10.1. The average molecular weight is 364 g/mol. The SMILES string of the molecule is CC(=O)c1cccc(Cl)c1.CC(NCC1CC1)c1cccc(Cl)c1. The van der Waals surface area contributed by atoms with Crippen LogP contribution in [0.25, 0.3) is 0 Å². The van der Waals surface area contributed by atoms with Crippen LogP contribution in [-0.4, -0.2) is 12.3 Å². The molecule has 1 N–H and O–H groups in total. The number of rotatable bonds is 5. The molecule has 2 aromatic carbocycles. The van der Waals surface area contributed by atoms with Crippen molar-refractivity contribution in [2.75, 3.05) is 6.54 Å². The molecule has 1 unspecified atom stereocenters. The van der Waals surface area contributed by atoms with Crippen LogP contribution in [0.1, 0.15) is 48.7 Å². The van der Waals surface area contributed by atoms with Crippen molar-refractivity contribution in [3.05, 3.63) is 69.7 Å². The molecule has 1 fully saturated rings. The van der Waals surface area contributed by atoms with E-state index in [4.69, 9.17) is 23.2 Å². The van der Waals surface area contributed by atoms with Gasteiger partial charge in [0.1, 0.15) is 0 Å². The molecule has 0 aromatic heterocycles. The third kappa shape index (κ3) is 6.64. The number of benzene rings is 2. The van der Waals surface area contributed by atoms with Crippen molar-refractivity contribution < 1.29 is 4.79 Å². The van der Waals surface area contributed by atoms with E-state index >= 15 is 0 Å². The normalized spacial score (nSPS) is 14.5. The topological polar surface area (TPSA) is 29.1 Å². The molecule has 0 bridgehead atoms. The Labute approximate surface area is 154 Å². The highest BCUT2D eigenvalue weighted by Crippen LogP contribution is 2.28. The van der Waals surface area contributed by atoms with Crippen LogP contribution in [-0.2, 0) is 0 Å². The summed E-state index contributed by atoms with van der Waals surface area (Å²) in [6, 6.07) is 15.4. The zero-order valence-electron chi connectivity index (χ0n) is 14.1. The molecular formula is C20H23Cl2NO. The molecule has 0 amide bonds. The maximum atomic E-state index is 10.7. The highest BCUT2D eigenvalue weighted by Gasteiger charge is 2.21. The summed E-state index contributed by atoms with van der Waals surface area (Å²) >= 11 is 11.6. The number of hydrogen-bond acceptors (Lipinski definition) is 2. The highest BCUT2D eigenvalue weighted by atomic mass is 35.5. The van der Waals surface area contributed by atoms with E-state index in [0.29, 0.717) is 16.6 Å². The minimum absolute atomic E-state index is 0.0440. The van der Waals surface area contributed by atoms with Crippen LogP contribution < -0.4 is 5.32 Å². The predicted octanol–water partition coefficient (Wildman–Crippen LogP) is 5.94.